The summed E-state index contributed by atoms with van der Waals surface area (Å²) in [6.45, 7) is 0.528. The minimum absolute atomic E-state index is 0.0946. The number of hydrogen-bond donors (Lipinski definition) is 0. The summed E-state index contributed by atoms with van der Waals surface area (Å²) in [6, 6.07) is 6.16. The molecule has 23 heavy (non-hydrogen) atoms. The van der Waals surface area contributed by atoms with Crippen LogP contribution in [0.15, 0.2) is 48.8 Å². The van der Waals surface area contributed by atoms with Crippen molar-refractivity contribution < 1.29 is 9.18 Å². The van der Waals surface area contributed by atoms with Crippen molar-refractivity contribution in [3.8, 4) is 5.69 Å². The second-order valence-corrected chi connectivity index (χ2v) is 5.95. The van der Waals surface area contributed by atoms with Crippen molar-refractivity contribution in [2.75, 3.05) is 7.05 Å². The molecule has 3 rings (SSSR count). The van der Waals surface area contributed by atoms with E-state index in [9.17, 15) is 9.18 Å². The highest BCUT2D eigenvalue weighted by Crippen LogP contribution is 2.21. The fraction of sp³-hybridized carbons (Fsp3) is 0.333. The number of aromatic nitrogens is 2. The second kappa shape index (κ2) is 6.77. The maximum absolute atomic E-state index is 13.0. The summed E-state index contributed by atoms with van der Waals surface area (Å²) in [5, 5.41) is 4.29. The van der Waals surface area contributed by atoms with E-state index in [1.54, 1.807) is 27.9 Å². The molecule has 0 N–H and O–H groups in total. The van der Waals surface area contributed by atoms with Crippen molar-refractivity contribution in [1.29, 1.82) is 0 Å². The Labute approximate surface area is 135 Å². The summed E-state index contributed by atoms with van der Waals surface area (Å²) in [7, 11) is 1.83. The van der Waals surface area contributed by atoms with Crippen molar-refractivity contribution in [2.24, 2.45) is 5.92 Å². The quantitative estimate of drug-likeness (QED) is 0.812. The molecular weight excluding hydrogens is 293 g/mol. The van der Waals surface area contributed by atoms with Gasteiger partial charge in [-0.3, -0.25) is 4.79 Å². The molecule has 5 heteroatoms. The molecule has 0 spiro atoms. The number of nitrogens with zero attached hydrogens (tertiary/aromatic N) is 3. The highest BCUT2D eigenvalue weighted by atomic mass is 19.1. The summed E-state index contributed by atoms with van der Waals surface area (Å²) in [5.41, 5.74) is 1.75. The van der Waals surface area contributed by atoms with E-state index in [4.69, 9.17) is 0 Å². The van der Waals surface area contributed by atoms with Gasteiger partial charge in [0.25, 0.3) is 0 Å². The van der Waals surface area contributed by atoms with E-state index in [1.807, 2.05) is 13.2 Å². The van der Waals surface area contributed by atoms with Crippen LogP contribution < -0.4 is 0 Å². The number of allylic oxidation sites excluding steroid dienone is 2. The van der Waals surface area contributed by atoms with Gasteiger partial charge in [-0.2, -0.15) is 5.10 Å². The molecule has 1 aromatic carbocycles. The second-order valence-electron chi connectivity index (χ2n) is 5.95. The lowest BCUT2D eigenvalue weighted by atomic mass is 9.93. The van der Waals surface area contributed by atoms with Crippen LogP contribution in [0.2, 0.25) is 0 Å². The van der Waals surface area contributed by atoms with Crippen molar-refractivity contribution >= 4 is 5.91 Å². The molecule has 0 aliphatic heterocycles. The highest BCUT2D eigenvalue weighted by Gasteiger charge is 2.22. The minimum Gasteiger partial charge on any atom is -0.341 e. The molecule has 0 radical (unpaired) electrons. The van der Waals surface area contributed by atoms with Gasteiger partial charge in [-0.15, -0.1) is 0 Å². The molecule has 4 nitrogen and oxygen atoms in total. The zero-order chi connectivity index (χ0) is 16.2. The van der Waals surface area contributed by atoms with Gasteiger partial charge in [0.2, 0.25) is 5.91 Å². The normalized spacial score (nSPS) is 17.2. The van der Waals surface area contributed by atoms with E-state index in [1.165, 1.54) is 12.1 Å². The van der Waals surface area contributed by atoms with E-state index in [-0.39, 0.29) is 17.6 Å². The van der Waals surface area contributed by atoms with Crippen LogP contribution in [-0.2, 0) is 11.3 Å². The van der Waals surface area contributed by atoms with Crippen LogP contribution in [-0.4, -0.2) is 27.6 Å². The van der Waals surface area contributed by atoms with Gasteiger partial charge in [-0.25, -0.2) is 9.07 Å². The van der Waals surface area contributed by atoms with Crippen LogP contribution in [0.3, 0.4) is 0 Å². The lowest BCUT2D eigenvalue weighted by molar-refractivity contribution is -0.135. The number of rotatable bonds is 4. The van der Waals surface area contributed by atoms with Crippen LogP contribution in [0.4, 0.5) is 4.39 Å². The molecule has 1 amide bonds. The van der Waals surface area contributed by atoms with E-state index >= 15 is 0 Å². The largest absolute Gasteiger partial charge is 0.341 e. The Kier molecular flexibility index (Phi) is 4.55. The highest BCUT2D eigenvalue weighted by molar-refractivity contribution is 5.78. The number of hydrogen-bond acceptors (Lipinski definition) is 2. The van der Waals surface area contributed by atoms with Crippen molar-refractivity contribution in [3.05, 3.63) is 60.2 Å². The average molecular weight is 313 g/mol. The third-order valence-electron chi connectivity index (χ3n) is 4.14. The number of benzene rings is 1. The summed E-state index contributed by atoms with van der Waals surface area (Å²) in [6.07, 6.45) is 10.6. The van der Waals surface area contributed by atoms with Gasteiger partial charge in [0.15, 0.2) is 0 Å². The van der Waals surface area contributed by atoms with Crippen molar-refractivity contribution in [1.82, 2.24) is 14.7 Å². The number of halogens is 1. The molecule has 0 saturated carbocycles. The third kappa shape index (κ3) is 3.67. The molecule has 0 fully saturated rings. The molecule has 120 valence electrons. The Bertz CT molecular complexity index is 705. The number of carbonyl (C=O) groups is 1. The lowest BCUT2D eigenvalue weighted by Crippen LogP contribution is -2.32. The maximum atomic E-state index is 13.0. The SMILES string of the molecule is CN(Cc1cnn(-c2ccc(F)cc2)c1)C(=O)C1CC=CCC1. The zero-order valence-corrected chi connectivity index (χ0v) is 13.2. The first-order valence-corrected chi connectivity index (χ1v) is 7.83. The third-order valence-corrected chi connectivity index (χ3v) is 4.14. The van der Waals surface area contributed by atoms with Gasteiger partial charge in [0, 0.05) is 31.3 Å². The van der Waals surface area contributed by atoms with Gasteiger partial charge in [0.1, 0.15) is 5.82 Å². The van der Waals surface area contributed by atoms with Crippen LogP contribution in [0.1, 0.15) is 24.8 Å². The fourth-order valence-corrected chi connectivity index (χ4v) is 2.86. The summed E-state index contributed by atoms with van der Waals surface area (Å²) in [4.78, 5) is 14.2. The van der Waals surface area contributed by atoms with E-state index in [2.05, 4.69) is 17.3 Å². The molecular formula is C18H20FN3O. The first-order chi connectivity index (χ1) is 11.1. The topological polar surface area (TPSA) is 38.1 Å². The van der Waals surface area contributed by atoms with Gasteiger partial charge in [0.05, 0.1) is 11.9 Å². The molecule has 1 aromatic heterocycles. The molecule has 1 atom stereocenters. The van der Waals surface area contributed by atoms with Crippen LogP contribution in [0, 0.1) is 11.7 Å². The van der Waals surface area contributed by atoms with Gasteiger partial charge < -0.3 is 4.90 Å². The Hall–Kier alpha value is -2.43. The first-order valence-electron chi connectivity index (χ1n) is 7.83. The average Bonchev–Trinajstić information content (AvgIpc) is 3.04. The number of amides is 1. The van der Waals surface area contributed by atoms with Crippen LogP contribution in [0.5, 0.6) is 0 Å². The zero-order valence-electron chi connectivity index (χ0n) is 13.2. The van der Waals surface area contributed by atoms with Gasteiger partial charge in [-0.05, 0) is 43.5 Å². The summed E-state index contributed by atoms with van der Waals surface area (Å²) in [5.74, 6) is 0.00835. The van der Waals surface area contributed by atoms with Crippen LogP contribution >= 0.6 is 0 Å². The number of carbonyl (C=O) groups excluding carboxylic acids is 1. The molecule has 1 aliphatic rings. The monoisotopic (exact) mass is 313 g/mol. The van der Waals surface area contributed by atoms with E-state index in [0.717, 1.165) is 30.5 Å². The predicted octanol–water partition coefficient (Wildman–Crippen LogP) is 3.33. The molecule has 0 saturated heterocycles. The Morgan fingerprint density at radius 2 is 2.13 bits per heavy atom. The van der Waals surface area contributed by atoms with E-state index < -0.39 is 0 Å². The maximum Gasteiger partial charge on any atom is 0.226 e. The molecule has 0 bridgehead atoms. The Morgan fingerprint density at radius 3 is 2.83 bits per heavy atom. The van der Waals surface area contributed by atoms with Gasteiger partial charge >= 0.3 is 0 Å². The van der Waals surface area contributed by atoms with Gasteiger partial charge in [-0.1, -0.05) is 12.2 Å². The Balaban J connectivity index is 1.65. The smallest absolute Gasteiger partial charge is 0.226 e. The van der Waals surface area contributed by atoms with Crippen molar-refractivity contribution in [3.63, 3.8) is 0 Å². The lowest BCUT2D eigenvalue weighted by Gasteiger charge is -2.24. The van der Waals surface area contributed by atoms with Crippen molar-refractivity contribution in [2.45, 2.75) is 25.8 Å². The van der Waals surface area contributed by atoms with Crippen LogP contribution in [0.25, 0.3) is 5.69 Å². The first kappa shape index (κ1) is 15.5. The fourth-order valence-electron chi connectivity index (χ4n) is 2.86. The molecule has 2 aromatic rings. The molecule has 1 aliphatic carbocycles. The van der Waals surface area contributed by atoms with E-state index in [0.29, 0.717) is 6.54 Å². The Morgan fingerprint density at radius 1 is 1.35 bits per heavy atom. The summed E-state index contributed by atoms with van der Waals surface area (Å²) >= 11 is 0. The predicted molar refractivity (Wildman–Crippen MR) is 86.5 cm³/mol. The standard InChI is InChI=1S/C18H20FN3O/c1-21(18(23)15-5-3-2-4-6-15)12-14-11-20-22(13-14)17-9-7-16(19)8-10-17/h2-3,7-11,13,15H,4-6,12H2,1H3. The molecule has 1 heterocycles. The molecule has 1 unspecified atom stereocenters. The minimum atomic E-state index is -0.270. The summed E-state index contributed by atoms with van der Waals surface area (Å²) < 4.78 is 14.7.